The smallest absolute Gasteiger partial charge is 0.184 e. The highest BCUT2D eigenvalue weighted by molar-refractivity contribution is 4.92. The maximum absolute atomic E-state index is 10.2. The molecule has 2 heterocycles. The molecule has 2 aliphatic rings. The van der Waals surface area contributed by atoms with Gasteiger partial charge in [0.2, 0.25) is 0 Å². The highest BCUT2D eigenvalue weighted by Gasteiger charge is 2.48. The van der Waals surface area contributed by atoms with Crippen LogP contribution in [0.1, 0.15) is 13.3 Å². The van der Waals surface area contributed by atoms with Crippen LogP contribution in [0.4, 0.5) is 0 Å². The molecule has 2 saturated heterocycles. The summed E-state index contributed by atoms with van der Waals surface area (Å²) in [4.78, 5) is 0. The minimum absolute atomic E-state index is 0.0643. The van der Waals surface area contributed by atoms with Crippen molar-refractivity contribution in [3.8, 4) is 0 Å². The van der Waals surface area contributed by atoms with E-state index in [1.165, 1.54) is 7.11 Å². The van der Waals surface area contributed by atoms with E-state index in [9.17, 15) is 25.5 Å². The highest BCUT2D eigenvalue weighted by atomic mass is 16.7. The molecule has 2 aliphatic heterocycles. The second-order valence-corrected chi connectivity index (χ2v) is 5.62. The summed E-state index contributed by atoms with van der Waals surface area (Å²) in [5, 5.41) is 48.8. The molecule has 0 aliphatic carbocycles. The van der Waals surface area contributed by atoms with E-state index < -0.39 is 61.9 Å². The van der Waals surface area contributed by atoms with E-state index in [4.69, 9.17) is 18.9 Å². The molecule has 0 amide bonds. The Bertz CT molecular complexity index is 354. The normalized spacial score (nSPS) is 50.0. The Kier molecular flexibility index (Phi) is 6.11. The summed E-state index contributed by atoms with van der Waals surface area (Å²) < 4.78 is 21.1. The number of aliphatic hydroxyl groups is 5. The van der Waals surface area contributed by atoms with Crippen LogP contribution in [-0.2, 0) is 18.9 Å². The average Bonchev–Trinajstić information content (AvgIpc) is 2.48. The zero-order valence-electron chi connectivity index (χ0n) is 12.5. The fraction of sp³-hybridized carbons (Fsp3) is 1.00. The third-order valence-corrected chi connectivity index (χ3v) is 4.07. The second-order valence-electron chi connectivity index (χ2n) is 5.62. The van der Waals surface area contributed by atoms with Crippen molar-refractivity contribution in [1.29, 1.82) is 0 Å². The first-order chi connectivity index (χ1) is 10.4. The van der Waals surface area contributed by atoms with Crippen LogP contribution in [0.2, 0.25) is 0 Å². The Labute approximate surface area is 128 Å². The third kappa shape index (κ3) is 3.58. The second kappa shape index (κ2) is 7.47. The summed E-state index contributed by atoms with van der Waals surface area (Å²) in [6, 6.07) is 0. The fourth-order valence-corrected chi connectivity index (χ4v) is 2.69. The van der Waals surface area contributed by atoms with E-state index >= 15 is 0 Å². The van der Waals surface area contributed by atoms with Gasteiger partial charge in [0.05, 0.1) is 18.8 Å². The summed E-state index contributed by atoms with van der Waals surface area (Å²) in [6.45, 7) is 1.12. The molecule has 5 N–H and O–H groups in total. The molecule has 130 valence electrons. The minimum atomic E-state index is -1.40. The lowest BCUT2D eigenvalue weighted by Crippen LogP contribution is -2.62. The van der Waals surface area contributed by atoms with Crippen LogP contribution in [0.25, 0.3) is 0 Å². The van der Waals surface area contributed by atoms with Gasteiger partial charge in [-0.25, -0.2) is 0 Å². The van der Waals surface area contributed by atoms with E-state index in [2.05, 4.69) is 0 Å². The molecule has 9 heteroatoms. The van der Waals surface area contributed by atoms with Gasteiger partial charge in [0.25, 0.3) is 0 Å². The van der Waals surface area contributed by atoms with Crippen molar-refractivity contribution in [2.24, 2.45) is 0 Å². The van der Waals surface area contributed by atoms with Crippen LogP contribution < -0.4 is 0 Å². The van der Waals surface area contributed by atoms with E-state index in [0.29, 0.717) is 0 Å². The van der Waals surface area contributed by atoms with Gasteiger partial charge in [-0.2, -0.15) is 0 Å². The minimum Gasteiger partial charge on any atom is -0.394 e. The average molecular weight is 324 g/mol. The molecular formula is C13H24O9. The van der Waals surface area contributed by atoms with Crippen molar-refractivity contribution in [3.63, 3.8) is 0 Å². The first-order valence-electron chi connectivity index (χ1n) is 7.21. The molecular weight excluding hydrogens is 300 g/mol. The fourth-order valence-electron chi connectivity index (χ4n) is 2.69. The largest absolute Gasteiger partial charge is 0.394 e. The zero-order valence-corrected chi connectivity index (χ0v) is 12.5. The van der Waals surface area contributed by atoms with Gasteiger partial charge < -0.3 is 44.5 Å². The van der Waals surface area contributed by atoms with Crippen LogP contribution in [0.5, 0.6) is 0 Å². The number of methoxy groups -OCH3 is 1. The first-order valence-corrected chi connectivity index (χ1v) is 7.21. The van der Waals surface area contributed by atoms with Crippen LogP contribution in [0.15, 0.2) is 0 Å². The molecule has 0 aromatic rings. The molecule has 9 atom stereocenters. The van der Waals surface area contributed by atoms with Gasteiger partial charge in [-0.1, -0.05) is 0 Å². The van der Waals surface area contributed by atoms with Gasteiger partial charge in [0.1, 0.15) is 30.5 Å². The Morgan fingerprint density at radius 1 is 1.05 bits per heavy atom. The highest BCUT2D eigenvalue weighted by Crippen LogP contribution is 2.29. The lowest BCUT2D eigenvalue weighted by Gasteiger charge is -2.44. The van der Waals surface area contributed by atoms with Gasteiger partial charge in [0.15, 0.2) is 12.6 Å². The van der Waals surface area contributed by atoms with Gasteiger partial charge in [-0.3, -0.25) is 0 Å². The number of hydrogen-bond acceptors (Lipinski definition) is 9. The maximum Gasteiger partial charge on any atom is 0.184 e. The van der Waals surface area contributed by atoms with Crippen LogP contribution >= 0.6 is 0 Å². The number of aliphatic hydroxyl groups excluding tert-OH is 5. The number of ether oxygens (including phenoxy) is 4. The van der Waals surface area contributed by atoms with Crippen molar-refractivity contribution >= 4 is 0 Å². The Morgan fingerprint density at radius 2 is 1.73 bits per heavy atom. The summed E-state index contributed by atoms with van der Waals surface area (Å²) in [7, 11) is 1.31. The molecule has 0 aromatic carbocycles. The van der Waals surface area contributed by atoms with Crippen molar-refractivity contribution in [2.75, 3.05) is 13.7 Å². The van der Waals surface area contributed by atoms with Crippen molar-refractivity contribution in [1.82, 2.24) is 0 Å². The van der Waals surface area contributed by atoms with E-state index in [-0.39, 0.29) is 6.42 Å². The quantitative estimate of drug-likeness (QED) is 0.374. The van der Waals surface area contributed by atoms with E-state index in [1.54, 1.807) is 6.92 Å². The predicted octanol–water partition coefficient (Wildman–Crippen LogP) is -2.69. The molecule has 1 unspecified atom stereocenters. The van der Waals surface area contributed by atoms with Gasteiger partial charge >= 0.3 is 0 Å². The van der Waals surface area contributed by atoms with Crippen molar-refractivity contribution in [3.05, 3.63) is 0 Å². The van der Waals surface area contributed by atoms with E-state index in [1.807, 2.05) is 0 Å². The molecule has 9 nitrogen and oxygen atoms in total. The van der Waals surface area contributed by atoms with Crippen LogP contribution in [-0.4, -0.2) is 94.6 Å². The zero-order chi connectivity index (χ0) is 16.4. The van der Waals surface area contributed by atoms with Crippen LogP contribution in [0, 0.1) is 0 Å². The number of rotatable bonds is 4. The summed E-state index contributed by atoms with van der Waals surface area (Å²) in [6.07, 6.45) is -9.32. The molecule has 0 aromatic heterocycles. The van der Waals surface area contributed by atoms with Crippen molar-refractivity contribution < 1.29 is 44.5 Å². The Hall–Kier alpha value is -0.360. The summed E-state index contributed by atoms with van der Waals surface area (Å²) >= 11 is 0. The molecule has 2 rings (SSSR count). The van der Waals surface area contributed by atoms with Gasteiger partial charge in [-0.05, 0) is 6.92 Å². The topological polar surface area (TPSA) is 138 Å². The maximum atomic E-state index is 10.2. The molecule has 0 radical (unpaired) electrons. The standard InChI is InChI=1S/C13H24O9/c1-5-6(15)3-7(16)13(20-5)22-10-9(17)8(4-14)21-12(18)11(10)19-2/h5-18H,3-4H2,1-2H3/t5-,6-,7-,8-,9-,10+,11+,12?,13-/m1/s1. The monoisotopic (exact) mass is 324 g/mol. The Morgan fingerprint density at radius 3 is 2.32 bits per heavy atom. The number of hydrogen-bond donors (Lipinski definition) is 5. The summed E-state index contributed by atoms with van der Waals surface area (Å²) in [5.41, 5.74) is 0. The molecule has 0 saturated carbocycles. The predicted molar refractivity (Wildman–Crippen MR) is 70.6 cm³/mol. The lowest BCUT2D eigenvalue weighted by molar-refractivity contribution is -0.344. The molecule has 0 bridgehead atoms. The summed E-state index contributed by atoms with van der Waals surface area (Å²) in [5.74, 6) is 0. The first kappa shape index (κ1) is 18.0. The van der Waals surface area contributed by atoms with Gasteiger partial charge in [0, 0.05) is 13.5 Å². The SMILES string of the molecule is CO[C@@H]1C(O)O[C@H](CO)[C@@H](O)[C@@H]1O[C@H]1O[C@H](C)[C@H](O)C[C@H]1O. The van der Waals surface area contributed by atoms with E-state index in [0.717, 1.165) is 0 Å². The Balaban J connectivity index is 2.09. The molecule has 22 heavy (non-hydrogen) atoms. The third-order valence-electron chi connectivity index (χ3n) is 4.07. The van der Waals surface area contributed by atoms with Gasteiger partial charge in [-0.15, -0.1) is 0 Å². The van der Waals surface area contributed by atoms with Crippen LogP contribution in [0.3, 0.4) is 0 Å². The molecule has 0 spiro atoms. The van der Waals surface area contributed by atoms with Crippen molar-refractivity contribution in [2.45, 2.75) is 68.7 Å². The lowest BCUT2D eigenvalue weighted by atomic mass is 9.98. The molecule has 2 fully saturated rings.